The van der Waals surface area contributed by atoms with Gasteiger partial charge in [0.15, 0.2) is 0 Å². The molecule has 3 aromatic rings. The van der Waals surface area contributed by atoms with E-state index in [1.165, 1.54) is 5.56 Å². The summed E-state index contributed by atoms with van der Waals surface area (Å²) in [5.41, 5.74) is 3.49. The van der Waals surface area contributed by atoms with Crippen LogP contribution in [0.3, 0.4) is 0 Å². The molecule has 3 nitrogen and oxygen atoms in total. The van der Waals surface area contributed by atoms with Gasteiger partial charge in [-0.05, 0) is 37.1 Å². The molecule has 1 atom stereocenters. The molecule has 0 radical (unpaired) electrons. The van der Waals surface area contributed by atoms with Gasteiger partial charge in [0.2, 0.25) is 0 Å². The van der Waals surface area contributed by atoms with Crippen LogP contribution in [-0.4, -0.2) is 14.7 Å². The van der Waals surface area contributed by atoms with E-state index in [4.69, 9.17) is 16.6 Å². The first kappa shape index (κ1) is 16.4. The Bertz CT molecular complexity index is 883. The second kappa shape index (κ2) is 6.01. The predicted octanol–water partition coefficient (Wildman–Crippen LogP) is 4.77. The normalized spacial score (nSPS) is 16.9. The third-order valence-electron chi connectivity index (χ3n) is 4.91. The minimum atomic E-state index is -0.816. The minimum Gasteiger partial charge on any atom is -0.386 e. The lowest BCUT2D eigenvalue weighted by molar-refractivity contribution is 0.0785. The molecule has 1 aliphatic heterocycles. The molecule has 4 heteroatoms. The fraction of sp³-hybridized carbons (Fsp3) is 0.286. The summed E-state index contributed by atoms with van der Waals surface area (Å²) in [6.07, 6.45) is 3.04. The molecule has 0 fully saturated rings. The highest BCUT2D eigenvalue weighted by Gasteiger charge is 2.26. The van der Waals surface area contributed by atoms with E-state index in [0.29, 0.717) is 5.92 Å². The molecular weight excluding hydrogens is 332 g/mol. The van der Waals surface area contributed by atoms with Crippen molar-refractivity contribution < 1.29 is 5.11 Å². The highest BCUT2D eigenvalue weighted by atomic mass is 35.5. The molecule has 2 heterocycles. The summed E-state index contributed by atoms with van der Waals surface area (Å²) < 4.78 is 2.24. The zero-order valence-corrected chi connectivity index (χ0v) is 15.2. The molecule has 0 spiro atoms. The number of benzene rings is 2. The zero-order valence-electron chi connectivity index (χ0n) is 14.4. The molecule has 0 aliphatic carbocycles. The highest BCUT2D eigenvalue weighted by molar-refractivity contribution is 6.30. The first-order valence-electron chi connectivity index (χ1n) is 8.55. The molecule has 0 saturated carbocycles. The number of aliphatic hydroxyl groups is 1. The number of hydrogen-bond acceptors (Lipinski definition) is 2. The Hall–Kier alpha value is -2.10. The van der Waals surface area contributed by atoms with E-state index in [1.807, 2.05) is 50.2 Å². The van der Waals surface area contributed by atoms with Gasteiger partial charge < -0.3 is 9.67 Å². The summed E-state index contributed by atoms with van der Waals surface area (Å²) in [7, 11) is 0. The Morgan fingerprint density at radius 1 is 1.16 bits per heavy atom. The second-order valence-corrected chi connectivity index (χ2v) is 7.72. The zero-order chi connectivity index (χ0) is 17.6. The van der Waals surface area contributed by atoms with E-state index in [1.54, 1.807) is 0 Å². The van der Waals surface area contributed by atoms with Crippen LogP contribution >= 0.6 is 11.6 Å². The third-order valence-corrected chi connectivity index (χ3v) is 5.16. The van der Waals surface area contributed by atoms with Crippen molar-refractivity contribution >= 4 is 11.6 Å². The molecule has 0 saturated heterocycles. The molecule has 1 aromatic heterocycles. The van der Waals surface area contributed by atoms with Crippen molar-refractivity contribution in [3.05, 3.63) is 76.7 Å². The Labute approximate surface area is 152 Å². The fourth-order valence-electron chi connectivity index (χ4n) is 3.45. The molecule has 4 rings (SSSR count). The topological polar surface area (TPSA) is 38.1 Å². The monoisotopic (exact) mass is 352 g/mol. The van der Waals surface area contributed by atoms with Gasteiger partial charge in [-0.15, -0.1) is 0 Å². The number of rotatable bonds is 3. The van der Waals surface area contributed by atoms with E-state index >= 15 is 0 Å². The van der Waals surface area contributed by atoms with E-state index in [9.17, 15) is 5.11 Å². The Morgan fingerprint density at radius 2 is 1.92 bits per heavy atom. The van der Waals surface area contributed by atoms with E-state index in [2.05, 4.69) is 22.9 Å². The lowest BCUT2D eigenvalue weighted by Gasteiger charge is -2.20. The minimum absolute atomic E-state index is 0.407. The predicted molar refractivity (Wildman–Crippen MR) is 101 cm³/mol. The number of nitrogens with zero attached hydrogens (tertiary/aromatic N) is 2. The van der Waals surface area contributed by atoms with E-state index < -0.39 is 5.60 Å². The molecular formula is C21H21ClN2O. The number of imidazole rings is 1. The van der Waals surface area contributed by atoms with Gasteiger partial charge in [0.25, 0.3) is 0 Å². The summed E-state index contributed by atoms with van der Waals surface area (Å²) >= 11 is 5.96. The number of aromatic nitrogens is 2. The molecule has 0 amide bonds. The van der Waals surface area contributed by atoms with Gasteiger partial charge in [0.05, 0.1) is 11.3 Å². The molecule has 1 unspecified atom stereocenters. The van der Waals surface area contributed by atoms with Crippen molar-refractivity contribution in [3.8, 4) is 11.3 Å². The average Bonchev–Trinajstić information content (AvgIpc) is 3.14. The maximum absolute atomic E-state index is 10.2. The van der Waals surface area contributed by atoms with Gasteiger partial charge in [-0.3, -0.25) is 0 Å². The number of halogens is 1. The quantitative estimate of drug-likeness (QED) is 0.737. The van der Waals surface area contributed by atoms with Gasteiger partial charge >= 0.3 is 0 Å². The van der Waals surface area contributed by atoms with E-state index in [-0.39, 0.29) is 0 Å². The van der Waals surface area contributed by atoms with Gasteiger partial charge in [-0.25, -0.2) is 4.98 Å². The fourth-order valence-corrected chi connectivity index (χ4v) is 3.58. The maximum Gasteiger partial charge on any atom is 0.110 e. The van der Waals surface area contributed by atoms with Gasteiger partial charge in [0.1, 0.15) is 5.82 Å². The Kier molecular flexibility index (Phi) is 3.94. The first-order chi connectivity index (χ1) is 11.9. The average molecular weight is 353 g/mol. The molecule has 1 N–H and O–H groups in total. The number of hydrogen-bond donors (Lipinski definition) is 1. The number of fused-ring (bicyclic) bond motifs is 1. The lowest BCUT2D eigenvalue weighted by atomic mass is 9.91. The standard InChI is InChI=1S/C21H21ClN2O/c1-21(2,25)17-5-3-4-15(10-17)16-11-20-23-19(13-24(20)12-16)14-6-8-18(22)9-7-14/h3-10,13,16,25H,11-12H2,1-2H3. The molecule has 1 aliphatic rings. The van der Waals surface area contributed by atoms with Crippen LogP contribution < -0.4 is 0 Å². The van der Waals surface area contributed by atoms with Crippen molar-refractivity contribution in [2.45, 2.75) is 38.3 Å². The second-order valence-electron chi connectivity index (χ2n) is 7.29. The van der Waals surface area contributed by atoms with Crippen LogP contribution in [0, 0.1) is 0 Å². The van der Waals surface area contributed by atoms with Gasteiger partial charge in [-0.2, -0.15) is 0 Å². The maximum atomic E-state index is 10.2. The van der Waals surface area contributed by atoms with Crippen molar-refractivity contribution in [3.63, 3.8) is 0 Å². The molecule has 25 heavy (non-hydrogen) atoms. The van der Waals surface area contributed by atoms with Crippen LogP contribution in [0.5, 0.6) is 0 Å². The summed E-state index contributed by atoms with van der Waals surface area (Å²) in [6.45, 7) is 4.57. The molecule has 128 valence electrons. The van der Waals surface area contributed by atoms with Crippen LogP contribution in [0.1, 0.15) is 36.7 Å². The van der Waals surface area contributed by atoms with Crippen LogP contribution in [0.2, 0.25) is 5.02 Å². The molecule has 0 bridgehead atoms. The highest BCUT2D eigenvalue weighted by Crippen LogP contribution is 2.33. The van der Waals surface area contributed by atoms with E-state index in [0.717, 1.165) is 40.6 Å². The SMILES string of the molecule is CC(C)(O)c1cccc(C2Cc3nc(-c4ccc(Cl)cc4)cn3C2)c1. The van der Waals surface area contributed by atoms with Gasteiger partial charge in [0, 0.05) is 35.7 Å². The van der Waals surface area contributed by atoms with Gasteiger partial charge in [-0.1, -0.05) is 48.0 Å². The Morgan fingerprint density at radius 3 is 2.60 bits per heavy atom. The first-order valence-corrected chi connectivity index (χ1v) is 8.93. The largest absolute Gasteiger partial charge is 0.386 e. The van der Waals surface area contributed by atoms with Crippen LogP contribution in [0.25, 0.3) is 11.3 Å². The summed E-state index contributed by atoms with van der Waals surface area (Å²) in [5, 5.41) is 11.0. The van der Waals surface area contributed by atoms with Crippen molar-refractivity contribution in [2.24, 2.45) is 0 Å². The van der Waals surface area contributed by atoms with Crippen LogP contribution in [0.15, 0.2) is 54.7 Å². The van der Waals surface area contributed by atoms with Crippen LogP contribution in [0.4, 0.5) is 0 Å². The van der Waals surface area contributed by atoms with Crippen LogP contribution in [-0.2, 0) is 18.6 Å². The van der Waals surface area contributed by atoms with Crippen molar-refractivity contribution in [2.75, 3.05) is 0 Å². The Balaban J connectivity index is 1.57. The summed E-state index contributed by atoms with van der Waals surface area (Å²) in [4.78, 5) is 4.81. The third kappa shape index (κ3) is 3.22. The summed E-state index contributed by atoms with van der Waals surface area (Å²) in [5.74, 6) is 1.52. The lowest BCUT2D eigenvalue weighted by Crippen LogP contribution is -2.16. The van der Waals surface area contributed by atoms with Crippen molar-refractivity contribution in [1.82, 2.24) is 9.55 Å². The molecule has 2 aromatic carbocycles. The van der Waals surface area contributed by atoms with Crippen molar-refractivity contribution in [1.29, 1.82) is 0 Å². The smallest absolute Gasteiger partial charge is 0.110 e. The summed E-state index contributed by atoms with van der Waals surface area (Å²) in [6, 6.07) is 16.1.